The van der Waals surface area contributed by atoms with Gasteiger partial charge in [-0.05, 0) is 37.1 Å². The largest absolute Gasteiger partial charge is 0.399 e. The number of rotatable bonds is 3. The van der Waals surface area contributed by atoms with Crippen molar-refractivity contribution in [3.63, 3.8) is 0 Å². The Morgan fingerprint density at radius 3 is 2.83 bits per heavy atom. The molecule has 1 heterocycles. The number of nitrogen functional groups attached to an aromatic ring is 1. The Hall–Kier alpha value is -1.48. The van der Waals surface area contributed by atoms with Crippen molar-refractivity contribution in [3.8, 4) is 0 Å². The summed E-state index contributed by atoms with van der Waals surface area (Å²) in [6, 6.07) is 9.08. The van der Waals surface area contributed by atoms with Gasteiger partial charge in [-0.1, -0.05) is 12.8 Å². The van der Waals surface area contributed by atoms with Crippen LogP contribution in [0.15, 0.2) is 24.3 Å². The van der Waals surface area contributed by atoms with Crippen LogP contribution in [-0.2, 0) is 13.6 Å². The Labute approximate surface area is 108 Å². The van der Waals surface area contributed by atoms with Gasteiger partial charge in [0.25, 0.3) is 0 Å². The first kappa shape index (κ1) is 11.6. The topological polar surface area (TPSA) is 43.0 Å². The predicted molar refractivity (Wildman–Crippen MR) is 76.4 cm³/mol. The van der Waals surface area contributed by atoms with Crippen molar-refractivity contribution in [3.05, 3.63) is 30.0 Å². The summed E-state index contributed by atoms with van der Waals surface area (Å²) in [7, 11) is 2.13. The van der Waals surface area contributed by atoms with Crippen LogP contribution in [0.2, 0.25) is 0 Å². The third kappa shape index (κ3) is 2.10. The number of nitrogens with two attached hydrogens (primary N) is 1. The Balaban J connectivity index is 1.80. The van der Waals surface area contributed by atoms with Crippen LogP contribution in [0.1, 0.15) is 31.4 Å². The maximum Gasteiger partial charge on any atom is 0.0481 e. The fraction of sp³-hybridized carbons (Fsp3) is 0.467. The summed E-state index contributed by atoms with van der Waals surface area (Å²) in [6.07, 6.45) is 5.42. The number of anilines is 1. The molecule has 0 spiro atoms. The Kier molecular flexibility index (Phi) is 3.00. The number of aromatic nitrogens is 1. The second-order valence-corrected chi connectivity index (χ2v) is 5.38. The summed E-state index contributed by atoms with van der Waals surface area (Å²) in [5, 5.41) is 4.90. The van der Waals surface area contributed by atoms with Crippen LogP contribution in [0.25, 0.3) is 10.9 Å². The molecule has 1 fully saturated rings. The maximum absolute atomic E-state index is 5.83. The molecule has 3 rings (SSSR count). The number of hydrogen-bond donors (Lipinski definition) is 2. The van der Waals surface area contributed by atoms with Gasteiger partial charge >= 0.3 is 0 Å². The molecule has 96 valence electrons. The summed E-state index contributed by atoms with van der Waals surface area (Å²) in [6.45, 7) is 0.954. The fourth-order valence-electron chi connectivity index (χ4n) is 2.97. The van der Waals surface area contributed by atoms with Gasteiger partial charge in [0.15, 0.2) is 0 Å². The molecule has 0 saturated heterocycles. The van der Waals surface area contributed by atoms with E-state index in [1.54, 1.807) is 0 Å². The molecule has 1 saturated carbocycles. The van der Waals surface area contributed by atoms with Crippen LogP contribution < -0.4 is 11.1 Å². The Bertz CT molecular complexity index is 550. The fourth-order valence-corrected chi connectivity index (χ4v) is 2.97. The van der Waals surface area contributed by atoms with E-state index in [2.05, 4.69) is 35.1 Å². The quantitative estimate of drug-likeness (QED) is 0.814. The molecule has 1 aromatic carbocycles. The van der Waals surface area contributed by atoms with Gasteiger partial charge in [-0.15, -0.1) is 0 Å². The van der Waals surface area contributed by atoms with Crippen LogP contribution in [0.5, 0.6) is 0 Å². The minimum absolute atomic E-state index is 0.716. The molecule has 0 aliphatic heterocycles. The van der Waals surface area contributed by atoms with E-state index >= 15 is 0 Å². The van der Waals surface area contributed by atoms with E-state index in [1.165, 1.54) is 42.3 Å². The molecule has 3 nitrogen and oxygen atoms in total. The zero-order chi connectivity index (χ0) is 12.5. The highest BCUT2D eigenvalue weighted by atomic mass is 15.0. The summed E-state index contributed by atoms with van der Waals surface area (Å²) >= 11 is 0. The van der Waals surface area contributed by atoms with Crippen molar-refractivity contribution in [2.75, 3.05) is 5.73 Å². The van der Waals surface area contributed by atoms with Crippen molar-refractivity contribution < 1.29 is 0 Å². The lowest BCUT2D eigenvalue weighted by Gasteiger charge is -2.12. The van der Waals surface area contributed by atoms with Gasteiger partial charge in [0.1, 0.15) is 0 Å². The van der Waals surface area contributed by atoms with Crippen LogP contribution in [0.4, 0.5) is 5.69 Å². The summed E-state index contributed by atoms with van der Waals surface area (Å²) < 4.78 is 2.26. The van der Waals surface area contributed by atoms with Gasteiger partial charge in [0.05, 0.1) is 0 Å². The second-order valence-electron chi connectivity index (χ2n) is 5.38. The normalized spacial score (nSPS) is 16.7. The lowest BCUT2D eigenvalue weighted by molar-refractivity contribution is 0.514. The molecule has 2 aromatic rings. The lowest BCUT2D eigenvalue weighted by atomic mass is 10.2. The number of nitrogens with zero attached hydrogens (tertiary/aromatic N) is 1. The Morgan fingerprint density at radius 1 is 1.28 bits per heavy atom. The molecule has 3 heteroatoms. The zero-order valence-corrected chi connectivity index (χ0v) is 10.9. The first-order chi connectivity index (χ1) is 8.74. The monoisotopic (exact) mass is 243 g/mol. The highest BCUT2D eigenvalue weighted by Gasteiger charge is 2.14. The highest BCUT2D eigenvalue weighted by Crippen LogP contribution is 2.22. The van der Waals surface area contributed by atoms with Gasteiger partial charge < -0.3 is 15.6 Å². The van der Waals surface area contributed by atoms with E-state index in [4.69, 9.17) is 5.73 Å². The third-order valence-electron chi connectivity index (χ3n) is 4.09. The zero-order valence-electron chi connectivity index (χ0n) is 10.9. The van der Waals surface area contributed by atoms with Crippen molar-refractivity contribution in [1.29, 1.82) is 0 Å². The highest BCUT2D eigenvalue weighted by molar-refractivity contribution is 5.84. The molecule has 1 aliphatic carbocycles. The number of nitrogens with one attached hydrogen (secondary N) is 1. The molecular weight excluding hydrogens is 222 g/mol. The molecule has 3 N–H and O–H groups in total. The van der Waals surface area contributed by atoms with Crippen molar-refractivity contribution >= 4 is 16.6 Å². The van der Waals surface area contributed by atoms with E-state index in [0.29, 0.717) is 6.04 Å². The van der Waals surface area contributed by atoms with E-state index in [0.717, 1.165) is 12.2 Å². The van der Waals surface area contributed by atoms with Gasteiger partial charge in [0.2, 0.25) is 0 Å². The predicted octanol–water partition coefficient (Wildman–Crippen LogP) is 2.79. The summed E-state index contributed by atoms with van der Waals surface area (Å²) in [5.74, 6) is 0. The summed E-state index contributed by atoms with van der Waals surface area (Å²) in [4.78, 5) is 0. The van der Waals surface area contributed by atoms with Crippen LogP contribution in [0.3, 0.4) is 0 Å². The van der Waals surface area contributed by atoms with Crippen molar-refractivity contribution in [2.24, 2.45) is 7.05 Å². The van der Waals surface area contributed by atoms with Crippen LogP contribution in [0, 0.1) is 0 Å². The molecule has 0 amide bonds. The number of aryl methyl sites for hydroxylation is 1. The van der Waals surface area contributed by atoms with Crippen molar-refractivity contribution in [2.45, 2.75) is 38.3 Å². The SMILES string of the molecule is Cn1c(CNC2CCCC2)cc2cc(N)ccc21. The average molecular weight is 243 g/mol. The smallest absolute Gasteiger partial charge is 0.0481 e. The van der Waals surface area contributed by atoms with E-state index in [9.17, 15) is 0 Å². The molecule has 0 radical (unpaired) electrons. The van der Waals surface area contributed by atoms with E-state index in [-0.39, 0.29) is 0 Å². The molecule has 0 atom stereocenters. The summed E-state index contributed by atoms with van der Waals surface area (Å²) in [5.41, 5.74) is 9.26. The van der Waals surface area contributed by atoms with Gasteiger partial charge in [0, 0.05) is 41.9 Å². The van der Waals surface area contributed by atoms with E-state index in [1.807, 2.05) is 6.07 Å². The number of hydrogen-bond acceptors (Lipinski definition) is 2. The third-order valence-corrected chi connectivity index (χ3v) is 4.09. The van der Waals surface area contributed by atoms with E-state index < -0.39 is 0 Å². The first-order valence-corrected chi connectivity index (χ1v) is 6.81. The van der Waals surface area contributed by atoms with Gasteiger partial charge in [-0.3, -0.25) is 0 Å². The van der Waals surface area contributed by atoms with Crippen LogP contribution >= 0.6 is 0 Å². The standard InChI is InChI=1S/C15H21N3/c1-18-14(10-17-13-4-2-3-5-13)9-11-8-12(16)6-7-15(11)18/h6-9,13,17H,2-5,10,16H2,1H3. The molecule has 18 heavy (non-hydrogen) atoms. The maximum atomic E-state index is 5.83. The Morgan fingerprint density at radius 2 is 2.06 bits per heavy atom. The number of fused-ring (bicyclic) bond motifs is 1. The van der Waals surface area contributed by atoms with Gasteiger partial charge in [-0.25, -0.2) is 0 Å². The minimum Gasteiger partial charge on any atom is -0.399 e. The second kappa shape index (κ2) is 4.65. The minimum atomic E-state index is 0.716. The number of benzene rings is 1. The molecule has 0 unspecified atom stereocenters. The lowest BCUT2D eigenvalue weighted by Crippen LogP contribution is -2.26. The molecule has 0 bridgehead atoms. The molecule has 1 aliphatic rings. The molecule has 1 aromatic heterocycles. The van der Waals surface area contributed by atoms with Gasteiger partial charge in [-0.2, -0.15) is 0 Å². The average Bonchev–Trinajstić information content (AvgIpc) is 2.95. The van der Waals surface area contributed by atoms with Crippen LogP contribution in [-0.4, -0.2) is 10.6 Å². The first-order valence-electron chi connectivity index (χ1n) is 6.81. The van der Waals surface area contributed by atoms with Crippen molar-refractivity contribution in [1.82, 2.24) is 9.88 Å². The molecular formula is C15H21N3.